The number of esters is 2. The van der Waals surface area contributed by atoms with Crippen molar-refractivity contribution in [1.82, 2.24) is 9.80 Å². The van der Waals surface area contributed by atoms with Crippen LogP contribution < -0.4 is 0 Å². The molecule has 0 aliphatic heterocycles. The van der Waals surface area contributed by atoms with E-state index in [1.54, 1.807) is 0 Å². The normalized spacial score (nSPS) is 12.7. The van der Waals surface area contributed by atoms with Gasteiger partial charge in [0.05, 0.1) is 26.1 Å². The van der Waals surface area contributed by atoms with Crippen molar-refractivity contribution in [3.63, 3.8) is 0 Å². The Morgan fingerprint density at radius 3 is 1.12 bits per heavy atom. The molecule has 2 N–H and O–H groups in total. The van der Waals surface area contributed by atoms with Crippen LogP contribution in [0.3, 0.4) is 0 Å². The molecule has 0 saturated carbocycles. The molecule has 2 unspecified atom stereocenters. The van der Waals surface area contributed by atoms with Crippen LogP contribution in [-0.4, -0.2) is 121 Å². The molecule has 352 valence electrons. The highest BCUT2D eigenvalue weighted by atomic mass is 32.2. The number of ether oxygens (including phenoxy) is 2. The maximum Gasteiger partial charge on any atom is 0.307 e. The summed E-state index contributed by atoms with van der Waals surface area (Å²) in [5.74, 6) is 5.16. The predicted molar refractivity (Wildman–Crippen MR) is 258 cm³/mol. The summed E-state index contributed by atoms with van der Waals surface area (Å²) in [5, 5.41) is 18.9. The van der Waals surface area contributed by atoms with E-state index in [0.29, 0.717) is 52.2 Å². The number of nitrogens with zero attached hydrogens (tertiary/aromatic N) is 2. The van der Waals surface area contributed by atoms with Crippen LogP contribution in [-0.2, 0) is 19.1 Å². The zero-order valence-corrected chi connectivity index (χ0v) is 41.0. The molecule has 0 radical (unpaired) electrons. The van der Waals surface area contributed by atoms with Gasteiger partial charge in [0.2, 0.25) is 0 Å². The van der Waals surface area contributed by atoms with Crippen LogP contribution in [0.4, 0.5) is 0 Å². The molecule has 59 heavy (non-hydrogen) atoms. The molecule has 0 heterocycles. The molecule has 0 saturated heterocycles. The van der Waals surface area contributed by atoms with Gasteiger partial charge in [-0.1, -0.05) is 156 Å². The van der Waals surface area contributed by atoms with Gasteiger partial charge in [0.15, 0.2) is 0 Å². The molecule has 0 aromatic carbocycles. The molecule has 2 atom stereocenters. The van der Waals surface area contributed by atoms with E-state index < -0.39 is 0 Å². The Hall–Kier alpha value is -0.520. The molecule has 0 aromatic rings. The minimum Gasteiger partial charge on any atom is -0.465 e. The van der Waals surface area contributed by atoms with Crippen molar-refractivity contribution in [3.8, 4) is 0 Å². The molecule has 0 rings (SSSR count). The summed E-state index contributed by atoms with van der Waals surface area (Å²) in [7, 11) is 0. The molecule has 0 amide bonds. The number of hydrogen-bond donors (Lipinski definition) is 2. The van der Waals surface area contributed by atoms with Crippen molar-refractivity contribution in [1.29, 1.82) is 0 Å². The van der Waals surface area contributed by atoms with Gasteiger partial charge >= 0.3 is 11.9 Å². The quantitative estimate of drug-likeness (QED) is 0.0454. The zero-order valence-electron chi connectivity index (χ0n) is 39.4. The summed E-state index contributed by atoms with van der Waals surface area (Å²) in [4.78, 5) is 29.9. The minimum atomic E-state index is -0.180. The highest BCUT2D eigenvalue weighted by Gasteiger charge is 2.15. The van der Waals surface area contributed by atoms with Crippen molar-refractivity contribution in [2.45, 2.75) is 201 Å². The highest BCUT2D eigenvalue weighted by molar-refractivity contribution is 7.99. The Morgan fingerprint density at radius 1 is 0.441 bits per heavy atom. The van der Waals surface area contributed by atoms with Gasteiger partial charge in [-0.05, 0) is 68.5 Å². The lowest BCUT2D eigenvalue weighted by atomic mass is 9.96. The Morgan fingerprint density at radius 2 is 0.763 bits per heavy atom. The van der Waals surface area contributed by atoms with Crippen molar-refractivity contribution >= 4 is 35.5 Å². The average molecular weight is 875 g/mol. The standard InChI is InChI=1S/C49H98N2O6S2/c1-5-9-13-17-19-23-28-46(26-21-15-11-7-3)44-58-42-40-56-48(54)30-34-50(32-25-33-51(36-38-52)37-39-53)35-31-49(55)57-41-43-59-45-47(27-22-16-12-8-4)29-24-20-18-14-10-6-2/h46-47,52-53H,5-45H2,1-4H3. The van der Waals surface area contributed by atoms with Gasteiger partial charge in [0.1, 0.15) is 13.2 Å². The number of carbonyl (C=O) groups is 2. The van der Waals surface area contributed by atoms with Crippen LogP contribution >= 0.6 is 23.5 Å². The second kappa shape index (κ2) is 47.0. The molecular formula is C49H98N2O6S2. The summed E-state index contributed by atoms with van der Waals surface area (Å²) >= 11 is 3.87. The minimum absolute atomic E-state index is 0.0510. The number of thioether (sulfide) groups is 2. The van der Waals surface area contributed by atoms with E-state index in [2.05, 4.69) is 32.6 Å². The van der Waals surface area contributed by atoms with Crippen molar-refractivity contribution < 1.29 is 29.3 Å². The van der Waals surface area contributed by atoms with Crippen LogP contribution in [0.25, 0.3) is 0 Å². The van der Waals surface area contributed by atoms with Crippen molar-refractivity contribution in [3.05, 3.63) is 0 Å². The fourth-order valence-corrected chi connectivity index (χ4v) is 9.88. The van der Waals surface area contributed by atoms with Crippen LogP contribution in [0, 0.1) is 11.8 Å². The maximum absolute atomic E-state index is 12.8. The Labute approximate surface area is 374 Å². The molecule has 0 spiro atoms. The zero-order chi connectivity index (χ0) is 43.3. The first-order chi connectivity index (χ1) is 28.9. The van der Waals surface area contributed by atoms with E-state index in [-0.39, 0.29) is 25.2 Å². The fraction of sp³-hybridized carbons (Fsp3) is 0.959. The van der Waals surface area contributed by atoms with Gasteiger partial charge in [-0.25, -0.2) is 0 Å². The molecular weight excluding hydrogens is 777 g/mol. The molecule has 0 aliphatic carbocycles. The third kappa shape index (κ3) is 41.3. The van der Waals surface area contributed by atoms with Crippen molar-refractivity contribution in [2.75, 3.05) is 88.7 Å². The molecule has 10 heteroatoms. The topological polar surface area (TPSA) is 99.5 Å². The van der Waals surface area contributed by atoms with Gasteiger partial charge in [0.25, 0.3) is 0 Å². The number of aliphatic hydroxyl groups is 2. The smallest absolute Gasteiger partial charge is 0.307 e. The lowest BCUT2D eigenvalue weighted by Crippen LogP contribution is -2.35. The highest BCUT2D eigenvalue weighted by Crippen LogP contribution is 2.24. The number of rotatable bonds is 48. The van der Waals surface area contributed by atoms with E-state index in [9.17, 15) is 19.8 Å². The second-order valence-corrected chi connectivity index (χ2v) is 19.4. The van der Waals surface area contributed by atoms with Gasteiger partial charge < -0.3 is 24.6 Å². The fourth-order valence-electron chi connectivity index (χ4n) is 7.81. The maximum atomic E-state index is 12.8. The van der Waals surface area contributed by atoms with Gasteiger partial charge in [0, 0.05) is 37.7 Å². The summed E-state index contributed by atoms with van der Waals surface area (Å²) in [5.41, 5.74) is 0. The van der Waals surface area contributed by atoms with Gasteiger partial charge in [-0.2, -0.15) is 23.5 Å². The first kappa shape index (κ1) is 58.5. The predicted octanol–water partition coefficient (Wildman–Crippen LogP) is 12.0. The summed E-state index contributed by atoms with van der Waals surface area (Å²) < 4.78 is 11.4. The largest absolute Gasteiger partial charge is 0.465 e. The number of aliphatic hydroxyl groups excluding tert-OH is 2. The third-order valence-electron chi connectivity index (χ3n) is 11.6. The molecule has 0 fully saturated rings. The third-order valence-corrected chi connectivity index (χ3v) is 13.9. The van der Waals surface area contributed by atoms with Gasteiger partial charge in [-0.15, -0.1) is 0 Å². The summed E-state index contributed by atoms with van der Waals surface area (Å²) in [6.45, 7) is 13.7. The second-order valence-electron chi connectivity index (χ2n) is 17.1. The van der Waals surface area contributed by atoms with Crippen LogP contribution in [0.1, 0.15) is 201 Å². The SMILES string of the molecule is CCCCCCCCC(CCCCCC)CSCCOC(=O)CCN(CCCN(CCO)CCO)CCC(=O)OCCSCC(CCCCCC)CCCCCCCC. The monoisotopic (exact) mass is 875 g/mol. The first-order valence-electron chi connectivity index (χ1n) is 25.1. The lowest BCUT2D eigenvalue weighted by Gasteiger charge is -2.24. The lowest BCUT2D eigenvalue weighted by molar-refractivity contribution is -0.143. The first-order valence-corrected chi connectivity index (χ1v) is 27.4. The van der Waals surface area contributed by atoms with Crippen LogP contribution in [0.5, 0.6) is 0 Å². The summed E-state index contributed by atoms with van der Waals surface area (Å²) in [6.07, 6.45) is 33.4. The van der Waals surface area contributed by atoms with Crippen molar-refractivity contribution in [2.24, 2.45) is 11.8 Å². The van der Waals surface area contributed by atoms with E-state index in [1.807, 2.05) is 28.4 Å². The molecule has 0 aromatic heterocycles. The number of carbonyl (C=O) groups excluding carboxylic acids is 2. The van der Waals surface area contributed by atoms with E-state index >= 15 is 0 Å². The molecule has 8 nitrogen and oxygen atoms in total. The van der Waals surface area contributed by atoms with E-state index in [0.717, 1.165) is 54.4 Å². The van der Waals surface area contributed by atoms with E-state index in [4.69, 9.17) is 9.47 Å². The van der Waals surface area contributed by atoms with E-state index in [1.165, 1.54) is 154 Å². The molecule has 0 aliphatic rings. The summed E-state index contributed by atoms with van der Waals surface area (Å²) in [6, 6.07) is 0. The average Bonchev–Trinajstić information content (AvgIpc) is 3.23. The molecule has 0 bridgehead atoms. The van der Waals surface area contributed by atoms with Crippen LogP contribution in [0.2, 0.25) is 0 Å². The Bertz CT molecular complexity index is 823. The number of unbranched alkanes of at least 4 members (excludes halogenated alkanes) is 16. The Kier molecular flexibility index (Phi) is 46.6. The Balaban J connectivity index is 4.77. The number of hydrogen-bond acceptors (Lipinski definition) is 10. The van der Waals surface area contributed by atoms with Gasteiger partial charge in [-0.3, -0.25) is 14.5 Å². The van der Waals surface area contributed by atoms with Crippen LogP contribution in [0.15, 0.2) is 0 Å².